The van der Waals surface area contributed by atoms with Gasteiger partial charge in [-0.15, -0.1) is 11.8 Å². The summed E-state index contributed by atoms with van der Waals surface area (Å²) in [6.07, 6.45) is -0.795. The molecule has 4 atom stereocenters. The van der Waals surface area contributed by atoms with Gasteiger partial charge < -0.3 is 30.9 Å². The van der Waals surface area contributed by atoms with Crippen LogP contribution in [-0.4, -0.2) is 64.1 Å². The standard InChI is InChI=1S/C33H36FN3O7S/c1-19(2)29(32(42)43)36-27(39)16-35-28(40)17-44-25-14-10-23(11-15-25)33(22-8-12-24(34)13-9-22)30(31(41)37-33)45-18-26(38)21-6-4-20(3)5-7-21/h4-15,19,26,29-30,38H,16-18H2,1-3H3,(H,35,40)(H,36,39)(H,37,41)(H,42,43)/t26?,29-,30+,33+/m1/s1. The number of ether oxygens (including phenoxy) is 1. The SMILES string of the molecule is Cc1ccc(C(O)CS[C@H]2C(=O)N[C@@]2(c2ccc(F)cc2)c2ccc(OCC(=O)NCC(=O)N[C@@H](C(=O)O)C(C)C)cc2)cc1. The molecule has 0 radical (unpaired) electrons. The van der Waals surface area contributed by atoms with E-state index in [2.05, 4.69) is 16.0 Å². The minimum absolute atomic E-state index is 0.218. The second-order valence-corrected chi connectivity index (χ2v) is 12.3. The van der Waals surface area contributed by atoms with E-state index in [-0.39, 0.29) is 17.6 Å². The smallest absolute Gasteiger partial charge is 0.326 e. The lowest BCUT2D eigenvalue weighted by Gasteiger charge is -2.50. The van der Waals surface area contributed by atoms with Gasteiger partial charge in [0.2, 0.25) is 11.8 Å². The van der Waals surface area contributed by atoms with Crippen molar-refractivity contribution in [1.29, 1.82) is 0 Å². The van der Waals surface area contributed by atoms with Crippen LogP contribution in [0.4, 0.5) is 4.39 Å². The molecule has 4 rings (SSSR count). The van der Waals surface area contributed by atoms with Gasteiger partial charge in [-0.1, -0.05) is 67.9 Å². The zero-order valence-corrected chi connectivity index (χ0v) is 25.9. The molecule has 5 N–H and O–H groups in total. The predicted molar refractivity (Wildman–Crippen MR) is 167 cm³/mol. The first-order chi connectivity index (χ1) is 21.4. The van der Waals surface area contributed by atoms with E-state index in [0.717, 1.165) is 11.1 Å². The van der Waals surface area contributed by atoms with Gasteiger partial charge in [0.05, 0.1) is 12.6 Å². The first-order valence-electron chi connectivity index (χ1n) is 14.4. The average molecular weight is 638 g/mol. The summed E-state index contributed by atoms with van der Waals surface area (Å²) in [4.78, 5) is 48.5. The zero-order valence-electron chi connectivity index (χ0n) is 25.1. The molecule has 0 bridgehead atoms. The van der Waals surface area contributed by atoms with E-state index in [9.17, 15) is 33.8 Å². The number of halogens is 1. The van der Waals surface area contributed by atoms with E-state index >= 15 is 0 Å². The Balaban J connectivity index is 1.42. The van der Waals surface area contributed by atoms with E-state index in [1.807, 2.05) is 31.2 Å². The number of hydrogen-bond acceptors (Lipinski definition) is 7. The third-order valence-corrected chi connectivity index (χ3v) is 8.92. The van der Waals surface area contributed by atoms with Gasteiger partial charge in [0, 0.05) is 5.75 Å². The van der Waals surface area contributed by atoms with Gasteiger partial charge in [-0.25, -0.2) is 9.18 Å². The van der Waals surface area contributed by atoms with Crippen molar-refractivity contribution in [2.75, 3.05) is 18.9 Å². The lowest BCUT2D eigenvalue weighted by atomic mass is 9.74. The van der Waals surface area contributed by atoms with E-state index in [4.69, 9.17) is 4.74 Å². The molecule has 3 aromatic rings. The quantitative estimate of drug-likeness (QED) is 0.169. The molecule has 0 aliphatic carbocycles. The van der Waals surface area contributed by atoms with Crippen molar-refractivity contribution in [3.8, 4) is 5.75 Å². The van der Waals surface area contributed by atoms with E-state index < -0.39 is 59.7 Å². The van der Waals surface area contributed by atoms with Gasteiger partial charge in [0.15, 0.2) is 6.61 Å². The number of nitrogens with one attached hydrogen (secondary N) is 3. The normalized spacial score (nSPS) is 18.7. The molecular formula is C33H36FN3O7S. The van der Waals surface area contributed by atoms with Crippen LogP contribution < -0.4 is 20.7 Å². The number of carboxylic acids is 1. The van der Waals surface area contributed by atoms with Crippen LogP contribution in [-0.2, 0) is 24.7 Å². The molecule has 1 saturated heterocycles. The van der Waals surface area contributed by atoms with Gasteiger partial charge in [-0.2, -0.15) is 0 Å². The maximum Gasteiger partial charge on any atom is 0.326 e. The Morgan fingerprint density at radius 1 is 0.978 bits per heavy atom. The average Bonchev–Trinajstić information content (AvgIpc) is 3.01. The number of carbonyl (C=O) groups excluding carboxylic acids is 3. The molecule has 0 aromatic heterocycles. The summed E-state index contributed by atoms with van der Waals surface area (Å²) in [5.41, 5.74) is 2.17. The number of thioether (sulfide) groups is 1. The van der Waals surface area contributed by atoms with Crippen molar-refractivity contribution in [1.82, 2.24) is 16.0 Å². The van der Waals surface area contributed by atoms with Gasteiger partial charge in [0.25, 0.3) is 5.91 Å². The highest BCUT2D eigenvalue weighted by Crippen LogP contribution is 2.46. The molecule has 0 spiro atoms. The number of aliphatic hydroxyl groups is 1. The summed E-state index contributed by atoms with van der Waals surface area (Å²) in [5, 5.41) is 27.2. The minimum atomic E-state index is -1.16. The molecule has 1 fully saturated rings. The fourth-order valence-electron chi connectivity index (χ4n) is 4.97. The van der Waals surface area contributed by atoms with E-state index in [1.165, 1.54) is 23.9 Å². The third kappa shape index (κ3) is 8.00. The van der Waals surface area contributed by atoms with Crippen molar-refractivity contribution in [2.45, 2.75) is 43.7 Å². The topological polar surface area (TPSA) is 154 Å². The van der Waals surface area contributed by atoms with Gasteiger partial charge in [0.1, 0.15) is 28.4 Å². The van der Waals surface area contributed by atoms with Gasteiger partial charge in [-0.3, -0.25) is 14.4 Å². The number of amides is 3. The lowest BCUT2D eigenvalue weighted by Crippen LogP contribution is -2.69. The number of carboxylic acid groups (broad SMARTS) is 1. The van der Waals surface area contributed by atoms with Crippen LogP contribution >= 0.6 is 11.8 Å². The highest BCUT2D eigenvalue weighted by molar-refractivity contribution is 8.00. The maximum atomic E-state index is 13.8. The summed E-state index contributed by atoms with van der Waals surface area (Å²) < 4.78 is 19.4. The van der Waals surface area contributed by atoms with Crippen LogP contribution in [0.5, 0.6) is 5.75 Å². The fourth-order valence-corrected chi connectivity index (χ4v) is 6.33. The molecule has 1 unspecified atom stereocenters. The number of hydrogen-bond donors (Lipinski definition) is 5. The van der Waals surface area contributed by atoms with Crippen LogP contribution in [0.15, 0.2) is 72.8 Å². The largest absolute Gasteiger partial charge is 0.484 e. The minimum Gasteiger partial charge on any atom is -0.484 e. The number of carbonyl (C=O) groups is 4. The molecule has 45 heavy (non-hydrogen) atoms. The van der Waals surface area contributed by atoms with Crippen molar-refractivity contribution >= 4 is 35.5 Å². The molecule has 3 aromatic carbocycles. The highest BCUT2D eigenvalue weighted by Gasteiger charge is 2.56. The van der Waals surface area contributed by atoms with Gasteiger partial charge >= 0.3 is 5.97 Å². The second kappa shape index (κ2) is 14.6. The van der Waals surface area contributed by atoms with E-state index in [0.29, 0.717) is 16.9 Å². The molecule has 1 aliphatic rings. The predicted octanol–water partition coefficient (Wildman–Crippen LogP) is 3.06. The molecule has 238 valence electrons. The molecule has 3 amide bonds. The summed E-state index contributed by atoms with van der Waals surface area (Å²) in [6, 6.07) is 19.1. The lowest BCUT2D eigenvalue weighted by molar-refractivity contribution is -0.143. The van der Waals surface area contributed by atoms with Crippen LogP contribution in [0.3, 0.4) is 0 Å². The number of benzene rings is 3. The Labute approximate surface area is 264 Å². The van der Waals surface area contributed by atoms with E-state index in [1.54, 1.807) is 50.2 Å². The highest BCUT2D eigenvalue weighted by atomic mass is 32.2. The number of rotatable bonds is 14. The van der Waals surface area contributed by atoms with Crippen molar-refractivity contribution in [3.05, 3.63) is 101 Å². The van der Waals surface area contributed by atoms with Crippen molar-refractivity contribution < 1.29 is 38.5 Å². The zero-order chi connectivity index (χ0) is 32.7. The fraction of sp³-hybridized carbons (Fsp3) is 0.333. The van der Waals surface area contributed by atoms with Crippen molar-refractivity contribution in [3.63, 3.8) is 0 Å². The summed E-state index contributed by atoms with van der Waals surface area (Å²) in [6.45, 7) is 4.48. The number of aliphatic hydroxyl groups excluding tert-OH is 1. The van der Waals surface area contributed by atoms with Crippen LogP contribution in [0.25, 0.3) is 0 Å². The second-order valence-electron chi connectivity index (χ2n) is 11.2. The first kappa shape index (κ1) is 33.5. The van der Waals surface area contributed by atoms with Gasteiger partial charge in [-0.05, 0) is 53.8 Å². The molecular weight excluding hydrogens is 601 g/mol. The van der Waals surface area contributed by atoms with Crippen LogP contribution in [0, 0.1) is 18.7 Å². The molecule has 1 aliphatic heterocycles. The molecule has 12 heteroatoms. The number of β-lactam (4-membered cyclic amide) rings is 1. The maximum absolute atomic E-state index is 13.8. The monoisotopic (exact) mass is 637 g/mol. The van der Waals surface area contributed by atoms with Crippen molar-refractivity contribution in [2.24, 2.45) is 5.92 Å². The number of aryl methyl sites for hydroxylation is 1. The Morgan fingerprint density at radius 3 is 2.13 bits per heavy atom. The first-order valence-corrected chi connectivity index (χ1v) is 15.4. The number of aliphatic carboxylic acids is 1. The Bertz CT molecular complexity index is 1520. The summed E-state index contributed by atoms with van der Waals surface area (Å²) in [5.74, 6) is -2.74. The Kier molecular flexibility index (Phi) is 10.8. The molecule has 10 nitrogen and oxygen atoms in total. The third-order valence-electron chi connectivity index (χ3n) is 7.51. The van der Waals surface area contributed by atoms with Crippen LogP contribution in [0.1, 0.15) is 42.2 Å². The molecule has 0 saturated carbocycles. The Morgan fingerprint density at radius 2 is 1.58 bits per heavy atom. The van der Waals surface area contributed by atoms with Crippen LogP contribution in [0.2, 0.25) is 0 Å². The Hall–Kier alpha value is -4.42. The summed E-state index contributed by atoms with van der Waals surface area (Å²) >= 11 is 1.31. The molecule has 1 heterocycles. The summed E-state index contributed by atoms with van der Waals surface area (Å²) in [7, 11) is 0.